The molecule has 0 aliphatic carbocycles. The molecule has 0 fully saturated rings. The second-order valence-corrected chi connectivity index (χ2v) is 6.31. The summed E-state index contributed by atoms with van der Waals surface area (Å²) in [6.45, 7) is 4.68. The van der Waals surface area contributed by atoms with Crippen molar-refractivity contribution in [2.24, 2.45) is 0 Å². The highest BCUT2D eigenvalue weighted by atomic mass is 16.5. The molecule has 2 aromatic carbocycles. The van der Waals surface area contributed by atoms with E-state index >= 15 is 0 Å². The molecule has 0 bridgehead atoms. The number of esters is 1. The Morgan fingerprint density at radius 3 is 2.36 bits per heavy atom. The highest BCUT2D eigenvalue weighted by molar-refractivity contribution is 5.81. The number of carbonyl (C=O) groups excluding carboxylic acids is 1. The zero-order valence-electron chi connectivity index (χ0n) is 16.9. The van der Waals surface area contributed by atoms with Crippen LogP contribution >= 0.6 is 0 Å². The van der Waals surface area contributed by atoms with Crippen LogP contribution in [0.1, 0.15) is 37.3 Å². The summed E-state index contributed by atoms with van der Waals surface area (Å²) in [5.41, 5.74) is 2.07. The Balaban J connectivity index is 2.22. The van der Waals surface area contributed by atoms with E-state index in [1.165, 1.54) is 6.08 Å². The Hall–Kier alpha value is -2.95. The van der Waals surface area contributed by atoms with Gasteiger partial charge < -0.3 is 18.9 Å². The van der Waals surface area contributed by atoms with Gasteiger partial charge in [0.2, 0.25) is 0 Å². The zero-order chi connectivity index (χ0) is 20.4. The van der Waals surface area contributed by atoms with E-state index in [1.54, 1.807) is 21.1 Å². The minimum Gasteiger partial charge on any atom is -0.493 e. The SMILES string of the molecule is CCOC(=O)/C=C/CC(C)c1cc(OC)c(OC)cc1OCc1ccccc1. The topological polar surface area (TPSA) is 54.0 Å². The molecule has 0 aliphatic rings. The fourth-order valence-electron chi connectivity index (χ4n) is 2.81. The summed E-state index contributed by atoms with van der Waals surface area (Å²) in [6.07, 6.45) is 3.95. The van der Waals surface area contributed by atoms with Crippen LogP contribution in [-0.2, 0) is 16.1 Å². The summed E-state index contributed by atoms with van der Waals surface area (Å²) >= 11 is 0. The molecule has 2 aromatic rings. The predicted molar refractivity (Wildman–Crippen MR) is 109 cm³/mol. The predicted octanol–water partition coefficient (Wildman–Crippen LogP) is 4.90. The Labute approximate surface area is 166 Å². The van der Waals surface area contributed by atoms with E-state index in [2.05, 4.69) is 6.92 Å². The number of benzene rings is 2. The van der Waals surface area contributed by atoms with Crippen molar-refractivity contribution in [3.8, 4) is 17.2 Å². The standard InChI is InChI=1S/C23H28O5/c1-5-27-23(24)13-9-10-17(2)19-14-21(25-3)22(26-4)15-20(19)28-16-18-11-7-6-8-12-18/h6-9,11-15,17H,5,10,16H2,1-4H3/b13-9+. The minimum absolute atomic E-state index is 0.108. The van der Waals surface area contributed by atoms with Crippen LogP contribution in [0, 0.1) is 0 Å². The first-order valence-corrected chi connectivity index (χ1v) is 9.35. The molecule has 0 aliphatic heterocycles. The van der Waals surface area contributed by atoms with E-state index in [1.807, 2.05) is 48.5 Å². The number of carbonyl (C=O) groups is 1. The van der Waals surface area contributed by atoms with Gasteiger partial charge in [0.15, 0.2) is 11.5 Å². The maximum Gasteiger partial charge on any atom is 0.330 e. The van der Waals surface area contributed by atoms with Crippen LogP contribution in [0.15, 0.2) is 54.6 Å². The van der Waals surface area contributed by atoms with Gasteiger partial charge in [0, 0.05) is 17.7 Å². The minimum atomic E-state index is -0.331. The monoisotopic (exact) mass is 384 g/mol. The van der Waals surface area contributed by atoms with Crippen LogP contribution in [0.5, 0.6) is 17.2 Å². The number of rotatable bonds is 10. The molecular formula is C23H28O5. The van der Waals surface area contributed by atoms with Gasteiger partial charge in [0.05, 0.1) is 20.8 Å². The molecule has 0 saturated carbocycles. The number of methoxy groups -OCH3 is 2. The van der Waals surface area contributed by atoms with Crippen LogP contribution in [0.2, 0.25) is 0 Å². The van der Waals surface area contributed by atoms with Crippen molar-refractivity contribution in [1.82, 2.24) is 0 Å². The highest BCUT2D eigenvalue weighted by Gasteiger charge is 2.17. The van der Waals surface area contributed by atoms with Gasteiger partial charge in [-0.05, 0) is 30.9 Å². The van der Waals surface area contributed by atoms with Crippen LogP contribution in [0.3, 0.4) is 0 Å². The van der Waals surface area contributed by atoms with E-state index in [-0.39, 0.29) is 11.9 Å². The van der Waals surface area contributed by atoms with Crippen LogP contribution in [-0.4, -0.2) is 26.8 Å². The third-order valence-corrected chi connectivity index (χ3v) is 4.31. The Morgan fingerprint density at radius 2 is 1.71 bits per heavy atom. The zero-order valence-corrected chi connectivity index (χ0v) is 16.9. The second kappa shape index (κ2) is 11.0. The van der Waals surface area contributed by atoms with Gasteiger partial charge in [-0.1, -0.05) is 43.3 Å². The number of hydrogen-bond acceptors (Lipinski definition) is 5. The molecule has 0 heterocycles. The van der Waals surface area contributed by atoms with Crippen molar-refractivity contribution in [3.05, 3.63) is 65.7 Å². The average Bonchev–Trinajstić information content (AvgIpc) is 2.72. The van der Waals surface area contributed by atoms with Gasteiger partial charge in [0.25, 0.3) is 0 Å². The summed E-state index contributed by atoms with van der Waals surface area (Å²) in [5.74, 6) is 1.77. The third kappa shape index (κ3) is 6.05. The summed E-state index contributed by atoms with van der Waals surface area (Å²) in [5, 5.41) is 0. The second-order valence-electron chi connectivity index (χ2n) is 6.31. The Bertz CT molecular complexity index is 783. The molecule has 0 radical (unpaired) electrons. The van der Waals surface area contributed by atoms with Crippen molar-refractivity contribution in [3.63, 3.8) is 0 Å². The van der Waals surface area contributed by atoms with Gasteiger partial charge in [-0.15, -0.1) is 0 Å². The van der Waals surface area contributed by atoms with E-state index < -0.39 is 0 Å². The van der Waals surface area contributed by atoms with Crippen LogP contribution < -0.4 is 14.2 Å². The molecule has 28 heavy (non-hydrogen) atoms. The van der Waals surface area contributed by atoms with Crippen molar-refractivity contribution in [2.75, 3.05) is 20.8 Å². The molecular weight excluding hydrogens is 356 g/mol. The molecule has 0 saturated heterocycles. The fraction of sp³-hybridized carbons (Fsp3) is 0.348. The summed E-state index contributed by atoms with van der Waals surface area (Å²) in [6, 6.07) is 13.8. The Kier molecular flexibility index (Phi) is 8.40. The average molecular weight is 384 g/mol. The Morgan fingerprint density at radius 1 is 1.04 bits per heavy atom. The van der Waals surface area contributed by atoms with Gasteiger partial charge >= 0.3 is 5.97 Å². The largest absolute Gasteiger partial charge is 0.493 e. The summed E-state index contributed by atoms with van der Waals surface area (Å²) in [4.78, 5) is 11.5. The van der Waals surface area contributed by atoms with Gasteiger partial charge in [-0.3, -0.25) is 0 Å². The van der Waals surface area contributed by atoms with Crippen molar-refractivity contribution >= 4 is 5.97 Å². The maximum atomic E-state index is 11.5. The van der Waals surface area contributed by atoms with Crippen molar-refractivity contribution in [1.29, 1.82) is 0 Å². The van der Waals surface area contributed by atoms with Crippen LogP contribution in [0.4, 0.5) is 0 Å². The molecule has 5 heteroatoms. The van der Waals surface area contributed by atoms with E-state index in [0.717, 1.165) is 16.9 Å². The van der Waals surface area contributed by atoms with Crippen molar-refractivity contribution in [2.45, 2.75) is 32.8 Å². The normalized spacial score (nSPS) is 11.9. The summed E-state index contributed by atoms with van der Waals surface area (Å²) in [7, 11) is 3.21. The third-order valence-electron chi connectivity index (χ3n) is 4.31. The number of ether oxygens (including phenoxy) is 4. The van der Waals surface area contributed by atoms with E-state index in [9.17, 15) is 4.79 Å². The smallest absolute Gasteiger partial charge is 0.330 e. The van der Waals surface area contributed by atoms with E-state index in [4.69, 9.17) is 18.9 Å². The van der Waals surface area contributed by atoms with Gasteiger partial charge in [-0.25, -0.2) is 4.79 Å². The maximum absolute atomic E-state index is 11.5. The number of allylic oxidation sites excluding steroid dienone is 1. The van der Waals surface area contributed by atoms with Crippen molar-refractivity contribution < 1.29 is 23.7 Å². The quantitative estimate of drug-likeness (QED) is 0.431. The molecule has 0 N–H and O–H groups in total. The molecule has 0 spiro atoms. The molecule has 150 valence electrons. The van der Waals surface area contributed by atoms with Gasteiger partial charge in [-0.2, -0.15) is 0 Å². The summed E-state index contributed by atoms with van der Waals surface area (Å²) < 4.78 is 21.9. The lowest BCUT2D eigenvalue weighted by Gasteiger charge is -2.19. The first kappa shape index (κ1) is 21.4. The molecule has 1 atom stereocenters. The molecule has 0 amide bonds. The molecule has 1 unspecified atom stereocenters. The first-order valence-electron chi connectivity index (χ1n) is 9.35. The number of hydrogen-bond donors (Lipinski definition) is 0. The molecule has 0 aromatic heterocycles. The lowest BCUT2D eigenvalue weighted by molar-refractivity contribution is -0.137. The fourth-order valence-corrected chi connectivity index (χ4v) is 2.81. The van der Waals surface area contributed by atoms with Gasteiger partial charge in [0.1, 0.15) is 12.4 Å². The van der Waals surface area contributed by atoms with E-state index in [0.29, 0.717) is 31.1 Å². The lowest BCUT2D eigenvalue weighted by atomic mass is 9.96. The first-order chi connectivity index (χ1) is 13.6. The highest BCUT2D eigenvalue weighted by Crippen LogP contribution is 2.39. The van der Waals surface area contributed by atoms with Crippen LogP contribution in [0.25, 0.3) is 0 Å². The molecule has 2 rings (SSSR count). The lowest BCUT2D eigenvalue weighted by Crippen LogP contribution is -2.04. The molecule has 5 nitrogen and oxygen atoms in total.